The number of unbranched alkanes of at least 4 members (excludes halogenated alkanes) is 1. The first-order valence-corrected chi connectivity index (χ1v) is 7.28. The first-order chi connectivity index (χ1) is 7.26. The van der Waals surface area contributed by atoms with Crippen LogP contribution in [0.15, 0.2) is 0 Å². The van der Waals surface area contributed by atoms with E-state index in [1.54, 1.807) is 0 Å². The smallest absolute Gasteiger partial charge is 0.0659 e. The molecule has 0 fully saturated rings. The summed E-state index contributed by atoms with van der Waals surface area (Å²) < 4.78 is 0.233. The fraction of sp³-hybridized carbons (Fsp3) is 0.929. The molecule has 1 N–H and O–H groups in total. The standard InChI is InChI=1S/C14H29OS/c1-7-8-9-12(15)13(10-11(2)3)16-14(4,5)6/h7,11-13,15H,8-10H2,1-6H3/t12?,13-/m1/s1. The van der Waals surface area contributed by atoms with Crippen molar-refractivity contribution in [2.45, 2.75) is 76.9 Å². The maximum Gasteiger partial charge on any atom is 0.0659 e. The monoisotopic (exact) mass is 245 g/mol. The van der Waals surface area contributed by atoms with Crippen LogP contribution >= 0.6 is 11.8 Å². The Morgan fingerprint density at radius 2 is 1.81 bits per heavy atom. The molecule has 0 amide bonds. The van der Waals surface area contributed by atoms with Crippen LogP contribution in [0.3, 0.4) is 0 Å². The molecule has 0 aliphatic carbocycles. The Labute approximate surface area is 106 Å². The van der Waals surface area contributed by atoms with Gasteiger partial charge >= 0.3 is 0 Å². The maximum absolute atomic E-state index is 10.2. The molecule has 0 heterocycles. The molecule has 0 aromatic heterocycles. The lowest BCUT2D eigenvalue weighted by Crippen LogP contribution is -2.29. The van der Waals surface area contributed by atoms with Crippen LogP contribution in [-0.2, 0) is 0 Å². The normalized spacial score (nSPS) is 16.5. The number of thioether (sulfide) groups is 1. The molecule has 2 heteroatoms. The Balaban J connectivity index is 4.29. The highest BCUT2D eigenvalue weighted by atomic mass is 32.2. The lowest BCUT2D eigenvalue weighted by molar-refractivity contribution is 0.153. The third-order valence-electron chi connectivity index (χ3n) is 2.39. The van der Waals surface area contributed by atoms with E-state index < -0.39 is 0 Å². The summed E-state index contributed by atoms with van der Waals surface area (Å²) in [5.74, 6) is 0.653. The lowest BCUT2D eigenvalue weighted by Gasteiger charge is -2.30. The van der Waals surface area contributed by atoms with E-state index >= 15 is 0 Å². The van der Waals surface area contributed by atoms with Crippen molar-refractivity contribution in [3.8, 4) is 0 Å². The fourth-order valence-corrected chi connectivity index (χ4v) is 3.41. The summed E-state index contributed by atoms with van der Waals surface area (Å²) >= 11 is 1.92. The SMILES string of the molecule is C[CH]CCC(O)[C@@H](CC(C)C)SC(C)(C)C. The molecule has 0 bridgehead atoms. The molecule has 2 atom stereocenters. The second-order valence-electron chi connectivity index (χ2n) is 5.95. The van der Waals surface area contributed by atoms with Gasteiger partial charge in [-0.2, -0.15) is 0 Å². The molecule has 0 aliphatic heterocycles. The molecule has 1 radical (unpaired) electrons. The summed E-state index contributed by atoms with van der Waals surface area (Å²) in [6, 6.07) is 0. The average Bonchev–Trinajstić information content (AvgIpc) is 2.10. The van der Waals surface area contributed by atoms with Gasteiger partial charge in [0.25, 0.3) is 0 Å². The Hall–Kier alpha value is 0.310. The Kier molecular flexibility index (Phi) is 7.75. The van der Waals surface area contributed by atoms with E-state index in [2.05, 4.69) is 48.0 Å². The van der Waals surface area contributed by atoms with Gasteiger partial charge in [-0.25, -0.2) is 0 Å². The van der Waals surface area contributed by atoms with Gasteiger partial charge in [0.2, 0.25) is 0 Å². The van der Waals surface area contributed by atoms with Crippen LogP contribution in [-0.4, -0.2) is 21.2 Å². The summed E-state index contributed by atoms with van der Waals surface area (Å²) in [5, 5.41) is 10.6. The van der Waals surface area contributed by atoms with Crippen LogP contribution in [0.4, 0.5) is 0 Å². The molecule has 0 aromatic carbocycles. The number of hydrogen-bond donors (Lipinski definition) is 1. The highest BCUT2D eigenvalue weighted by Gasteiger charge is 2.25. The lowest BCUT2D eigenvalue weighted by atomic mass is 10.0. The van der Waals surface area contributed by atoms with E-state index in [-0.39, 0.29) is 10.9 Å². The summed E-state index contributed by atoms with van der Waals surface area (Å²) in [6.07, 6.45) is 4.99. The number of aliphatic hydroxyl groups is 1. The molecule has 0 aromatic rings. The van der Waals surface area contributed by atoms with Gasteiger partial charge in [0.15, 0.2) is 0 Å². The van der Waals surface area contributed by atoms with Crippen LogP contribution < -0.4 is 0 Å². The third-order valence-corrected chi connectivity index (χ3v) is 3.91. The molecular formula is C14H29OS. The van der Waals surface area contributed by atoms with Crippen LogP contribution in [0.2, 0.25) is 0 Å². The van der Waals surface area contributed by atoms with E-state index in [1.165, 1.54) is 0 Å². The molecule has 0 saturated carbocycles. The minimum Gasteiger partial charge on any atom is -0.392 e. The van der Waals surface area contributed by atoms with Crippen molar-refractivity contribution in [3.63, 3.8) is 0 Å². The molecular weight excluding hydrogens is 216 g/mol. The van der Waals surface area contributed by atoms with Crippen molar-refractivity contribution in [1.82, 2.24) is 0 Å². The molecule has 1 nitrogen and oxygen atoms in total. The minimum absolute atomic E-state index is 0.164. The second-order valence-corrected chi connectivity index (χ2v) is 8.02. The van der Waals surface area contributed by atoms with Gasteiger partial charge in [-0.3, -0.25) is 0 Å². The minimum atomic E-state index is -0.164. The van der Waals surface area contributed by atoms with Crippen molar-refractivity contribution in [2.24, 2.45) is 5.92 Å². The molecule has 0 rings (SSSR count). The Morgan fingerprint density at radius 1 is 1.25 bits per heavy atom. The zero-order valence-corrected chi connectivity index (χ0v) is 12.6. The number of hydrogen-bond acceptors (Lipinski definition) is 2. The first kappa shape index (κ1) is 16.3. The van der Waals surface area contributed by atoms with Crippen LogP contribution in [0.5, 0.6) is 0 Å². The molecule has 0 saturated heterocycles. The van der Waals surface area contributed by atoms with E-state index in [0.29, 0.717) is 11.2 Å². The van der Waals surface area contributed by atoms with E-state index in [4.69, 9.17) is 0 Å². The summed E-state index contributed by atoms with van der Waals surface area (Å²) in [4.78, 5) is 0. The fourth-order valence-electron chi connectivity index (χ4n) is 1.73. The van der Waals surface area contributed by atoms with Crippen molar-refractivity contribution in [3.05, 3.63) is 6.42 Å². The van der Waals surface area contributed by atoms with Crippen LogP contribution in [0.25, 0.3) is 0 Å². The second kappa shape index (κ2) is 7.60. The quantitative estimate of drug-likeness (QED) is 0.721. The highest BCUT2D eigenvalue weighted by molar-refractivity contribution is 8.01. The molecule has 16 heavy (non-hydrogen) atoms. The van der Waals surface area contributed by atoms with Crippen molar-refractivity contribution in [1.29, 1.82) is 0 Å². The van der Waals surface area contributed by atoms with Gasteiger partial charge in [0.05, 0.1) is 6.10 Å². The van der Waals surface area contributed by atoms with E-state index in [1.807, 2.05) is 11.8 Å². The van der Waals surface area contributed by atoms with Gasteiger partial charge in [0.1, 0.15) is 0 Å². The topological polar surface area (TPSA) is 20.2 Å². The maximum atomic E-state index is 10.2. The zero-order chi connectivity index (χ0) is 12.8. The Bertz CT molecular complexity index is 172. The molecule has 0 aliphatic rings. The van der Waals surface area contributed by atoms with Crippen molar-refractivity contribution < 1.29 is 5.11 Å². The molecule has 97 valence electrons. The summed E-state index contributed by atoms with van der Waals surface area (Å²) in [5.41, 5.74) is 0. The highest BCUT2D eigenvalue weighted by Crippen LogP contribution is 2.34. The first-order valence-electron chi connectivity index (χ1n) is 6.40. The summed E-state index contributed by atoms with van der Waals surface area (Å²) in [6.45, 7) is 13.2. The van der Waals surface area contributed by atoms with Crippen LogP contribution in [0, 0.1) is 12.3 Å². The van der Waals surface area contributed by atoms with Crippen molar-refractivity contribution >= 4 is 11.8 Å². The Morgan fingerprint density at radius 3 is 2.19 bits per heavy atom. The van der Waals surface area contributed by atoms with E-state index in [9.17, 15) is 5.11 Å². The van der Waals surface area contributed by atoms with Crippen molar-refractivity contribution in [2.75, 3.05) is 0 Å². The number of aliphatic hydroxyl groups excluding tert-OH is 1. The zero-order valence-electron chi connectivity index (χ0n) is 11.8. The van der Waals surface area contributed by atoms with Gasteiger partial charge < -0.3 is 5.11 Å². The van der Waals surface area contributed by atoms with E-state index in [0.717, 1.165) is 19.3 Å². The molecule has 0 spiro atoms. The van der Waals surface area contributed by atoms with Crippen LogP contribution in [0.1, 0.15) is 60.8 Å². The summed E-state index contributed by atoms with van der Waals surface area (Å²) in [7, 11) is 0. The third kappa shape index (κ3) is 8.46. The number of rotatable bonds is 7. The van der Waals surface area contributed by atoms with Gasteiger partial charge in [-0.1, -0.05) is 41.5 Å². The van der Waals surface area contributed by atoms with Gasteiger partial charge in [-0.05, 0) is 31.6 Å². The average molecular weight is 245 g/mol. The largest absolute Gasteiger partial charge is 0.392 e. The van der Waals surface area contributed by atoms with Gasteiger partial charge in [-0.15, -0.1) is 11.8 Å². The molecule has 1 unspecified atom stereocenters. The van der Waals surface area contributed by atoms with Gasteiger partial charge in [0, 0.05) is 10.00 Å². The predicted molar refractivity (Wildman–Crippen MR) is 75.8 cm³/mol. The predicted octanol–water partition coefficient (Wildman–Crippen LogP) is 4.30.